The molecule has 1 heterocycles. The molecule has 0 atom stereocenters. The molecule has 0 aliphatic rings. The minimum Gasteiger partial charge on any atom is -0.273 e. The van der Waals surface area contributed by atoms with E-state index in [0.717, 1.165) is 10.6 Å². The Labute approximate surface area is 153 Å². The van der Waals surface area contributed by atoms with Gasteiger partial charge in [0.2, 0.25) is 5.91 Å². The molecule has 1 N–H and O–H groups in total. The highest BCUT2D eigenvalue weighted by atomic mass is 35.5. The van der Waals surface area contributed by atoms with Crippen molar-refractivity contribution in [2.75, 3.05) is 0 Å². The molecule has 25 heavy (non-hydrogen) atoms. The van der Waals surface area contributed by atoms with Crippen molar-refractivity contribution in [3.63, 3.8) is 0 Å². The molecule has 0 spiro atoms. The minimum atomic E-state index is -0.318. The van der Waals surface area contributed by atoms with Crippen molar-refractivity contribution < 1.29 is 9.18 Å². The number of nitrogens with one attached hydrogen (secondary N) is 1. The maximum Gasteiger partial charge on any atom is 0.246 e. The second kappa shape index (κ2) is 8.00. The fourth-order valence-corrected chi connectivity index (χ4v) is 3.00. The number of amides is 1. The van der Waals surface area contributed by atoms with E-state index in [2.05, 4.69) is 15.5 Å². The van der Waals surface area contributed by atoms with Crippen LogP contribution in [0.5, 0.6) is 0 Å². The van der Waals surface area contributed by atoms with E-state index in [-0.39, 0.29) is 18.1 Å². The van der Waals surface area contributed by atoms with E-state index in [1.807, 2.05) is 17.5 Å². The second-order valence-electron chi connectivity index (χ2n) is 5.17. The standard InChI is InChI=1S/C18H13ClFN3OS/c19-14-5-3-13(4-6-14)18-22-16(11-25-18)9-17(24)23-21-10-12-1-7-15(20)8-2-12/h1-8,10-11H,9H2,(H,23,24). The molecule has 0 unspecified atom stereocenters. The van der Waals surface area contributed by atoms with E-state index >= 15 is 0 Å². The highest BCUT2D eigenvalue weighted by Crippen LogP contribution is 2.25. The van der Waals surface area contributed by atoms with Crippen LogP contribution in [-0.2, 0) is 11.2 Å². The second-order valence-corrected chi connectivity index (χ2v) is 6.47. The molecule has 0 bridgehead atoms. The molecule has 126 valence electrons. The van der Waals surface area contributed by atoms with Crippen molar-refractivity contribution in [1.82, 2.24) is 10.4 Å². The van der Waals surface area contributed by atoms with Crippen molar-refractivity contribution >= 4 is 35.1 Å². The Balaban J connectivity index is 1.56. The van der Waals surface area contributed by atoms with E-state index in [1.54, 1.807) is 24.3 Å². The van der Waals surface area contributed by atoms with Crippen molar-refractivity contribution in [2.24, 2.45) is 5.10 Å². The van der Waals surface area contributed by atoms with Gasteiger partial charge < -0.3 is 0 Å². The summed E-state index contributed by atoms with van der Waals surface area (Å²) in [5.74, 6) is -0.590. The third kappa shape index (κ3) is 4.95. The predicted molar refractivity (Wildman–Crippen MR) is 98.4 cm³/mol. The molecular weight excluding hydrogens is 361 g/mol. The third-order valence-electron chi connectivity index (χ3n) is 3.26. The average molecular weight is 374 g/mol. The molecule has 0 saturated carbocycles. The molecule has 0 fully saturated rings. The molecule has 0 aliphatic carbocycles. The summed E-state index contributed by atoms with van der Waals surface area (Å²) in [6.07, 6.45) is 1.59. The number of hydrogen-bond donors (Lipinski definition) is 1. The van der Waals surface area contributed by atoms with Crippen LogP contribution in [0.1, 0.15) is 11.3 Å². The number of hydrogen-bond acceptors (Lipinski definition) is 4. The minimum absolute atomic E-state index is 0.130. The van der Waals surface area contributed by atoms with Crippen molar-refractivity contribution in [3.05, 3.63) is 76.0 Å². The van der Waals surface area contributed by atoms with Crippen molar-refractivity contribution in [2.45, 2.75) is 6.42 Å². The third-order valence-corrected chi connectivity index (χ3v) is 4.45. The van der Waals surface area contributed by atoms with Gasteiger partial charge in [-0.15, -0.1) is 11.3 Å². The number of aromatic nitrogens is 1. The van der Waals surface area contributed by atoms with Gasteiger partial charge in [0.25, 0.3) is 0 Å². The number of benzene rings is 2. The van der Waals surface area contributed by atoms with Crippen LogP contribution in [0, 0.1) is 5.82 Å². The van der Waals surface area contributed by atoms with Crippen LogP contribution in [0.3, 0.4) is 0 Å². The molecule has 4 nitrogen and oxygen atoms in total. The predicted octanol–water partition coefficient (Wildman–Crippen LogP) is 4.30. The highest BCUT2D eigenvalue weighted by molar-refractivity contribution is 7.13. The van der Waals surface area contributed by atoms with Gasteiger partial charge in [-0.3, -0.25) is 4.79 Å². The zero-order chi connectivity index (χ0) is 17.6. The van der Waals surface area contributed by atoms with E-state index in [9.17, 15) is 9.18 Å². The lowest BCUT2D eigenvalue weighted by atomic mass is 10.2. The Kier molecular flexibility index (Phi) is 5.53. The van der Waals surface area contributed by atoms with Crippen LogP contribution in [0.15, 0.2) is 59.0 Å². The van der Waals surface area contributed by atoms with Crippen LogP contribution in [0.25, 0.3) is 10.6 Å². The molecule has 2 aromatic carbocycles. The van der Waals surface area contributed by atoms with Gasteiger partial charge in [0.1, 0.15) is 10.8 Å². The molecular formula is C18H13ClFN3OS. The van der Waals surface area contributed by atoms with E-state index in [0.29, 0.717) is 16.3 Å². The number of halogens is 2. The van der Waals surface area contributed by atoms with E-state index in [1.165, 1.54) is 29.7 Å². The van der Waals surface area contributed by atoms with Gasteiger partial charge in [-0.1, -0.05) is 35.9 Å². The zero-order valence-corrected chi connectivity index (χ0v) is 14.5. The smallest absolute Gasteiger partial charge is 0.246 e. The lowest BCUT2D eigenvalue weighted by Crippen LogP contribution is -2.19. The Morgan fingerprint density at radius 1 is 1.20 bits per heavy atom. The first-order chi connectivity index (χ1) is 12.1. The summed E-state index contributed by atoms with van der Waals surface area (Å²) >= 11 is 7.34. The molecule has 1 amide bonds. The van der Waals surface area contributed by atoms with Crippen molar-refractivity contribution in [3.8, 4) is 10.6 Å². The molecule has 0 aliphatic heterocycles. The lowest BCUT2D eigenvalue weighted by Gasteiger charge is -1.98. The maximum atomic E-state index is 12.8. The number of carbonyl (C=O) groups is 1. The summed E-state index contributed by atoms with van der Waals surface area (Å²) in [4.78, 5) is 16.4. The van der Waals surface area contributed by atoms with E-state index in [4.69, 9.17) is 11.6 Å². The Morgan fingerprint density at radius 3 is 2.64 bits per heavy atom. The van der Waals surface area contributed by atoms with Gasteiger partial charge in [-0.25, -0.2) is 14.8 Å². The van der Waals surface area contributed by atoms with Gasteiger partial charge in [-0.2, -0.15) is 5.10 Å². The number of rotatable bonds is 5. The van der Waals surface area contributed by atoms with Crippen LogP contribution in [0.2, 0.25) is 5.02 Å². The lowest BCUT2D eigenvalue weighted by molar-refractivity contribution is -0.120. The highest BCUT2D eigenvalue weighted by Gasteiger charge is 2.08. The van der Waals surface area contributed by atoms with Gasteiger partial charge >= 0.3 is 0 Å². The van der Waals surface area contributed by atoms with Crippen LogP contribution in [-0.4, -0.2) is 17.1 Å². The first kappa shape index (κ1) is 17.3. The Hall–Kier alpha value is -2.57. The number of hydrazone groups is 1. The first-order valence-corrected chi connectivity index (χ1v) is 8.64. The van der Waals surface area contributed by atoms with Gasteiger partial charge in [0, 0.05) is 16.0 Å². The van der Waals surface area contributed by atoms with Gasteiger partial charge in [0.15, 0.2) is 0 Å². The monoisotopic (exact) mass is 373 g/mol. The number of carbonyl (C=O) groups excluding carboxylic acids is 1. The molecule has 0 saturated heterocycles. The first-order valence-electron chi connectivity index (χ1n) is 7.38. The normalized spacial score (nSPS) is 11.0. The largest absolute Gasteiger partial charge is 0.273 e. The zero-order valence-electron chi connectivity index (χ0n) is 12.9. The summed E-state index contributed by atoms with van der Waals surface area (Å²) in [6.45, 7) is 0. The van der Waals surface area contributed by atoms with Crippen molar-refractivity contribution in [1.29, 1.82) is 0 Å². The maximum absolute atomic E-state index is 12.8. The van der Waals surface area contributed by atoms with Crippen LogP contribution < -0.4 is 5.43 Å². The molecule has 3 aromatic rings. The molecule has 3 rings (SSSR count). The fourth-order valence-electron chi connectivity index (χ4n) is 2.04. The molecule has 0 radical (unpaired) electrons. The SMILES string of the molecule is O=C(Cc1csc(-c2ccc(Cl)cc2)n1)NN=Cc1ccc(F)cc1. The van der Waals surface area contributed by atoms with Crippen LogP contribution in [0.4, 0.5) is 4.39 Å². The summed E-state index contributed by atoms with van der Waals surface area (Å²) in [6, 6.07) is 13.2. The quantitative estimate of drug-likeness (QED) is 0.535. The summed E-state index contributed by atoms with van der Waals surface area (Å²) < 4.78 is 12.8. The summed E-state index contributed by atoms with van der Waals surface area (Å²) in [7, 11) is 0. The van der Waals surface area contributed by atoms with Crippen LogP contribution >= 0.6 is 22.9 Å². The Bertz CT molecular complexity index is 891. The number of nitrogens with zero attached hydrogens (tertiary/aromatic N) is 2. The summed E-state index contributed by atoms with van der Waals surface area (Å²) in [5.41, 5.74) is 4.75. The fraction of sp³-hybridized carbons (Fsp3) is 0.0556. The van der Waals surface area contributed by atoms with Gasteiger partial charge in [0.05, 0.1) is 18.3 Å². The van der Waals surface area contributed by atoms with Gasteiger partial charge in [-0.05, 0) is 29.8 Å². The summed E-state index contributed by atoms with van der Waals surface area (Å²) in [5, 5.41) is 7.19. The Morgan fingerprint density at radius 2 is 1.92 bits per heavy atom. The topological polar surface area (TPSA) is 54.4 Å². The molecule has 1 aromatic heterocycles. The van der Waals surface area contributed by atoms with E-state index < -0.39 is 0 Å². The average Bonchev–Trinajstić information content (AvgIpc) is 3.06. The number of thiazole rings is 1. The molecule has 7 heteroatoms.